The summed E-state index contributed by atoms with van der Waals surface area (Å²) in [7, 11) is 0. The lowest BCUT2D eigenvalue weighted by Gasteiger charge is -2.02. The molecule has 5 N–H and O–H groups in total. The molecule has 0 aromatic carbocycles. The second-order valence-electron chi connectivity index (χ2n) is 2.75. The zero-order valence-electron chi connectivity index (χ0n) is 7.15. The quantitative estimate of drug-likeness (QED) is 0.419. The van der Waals surface area contributed by atoms with Crippen molar-refractivity contribution in [2.45, 2.75) is 6.92 Å². The highest BCUT2D eigenvalue weighted by Gasteiger charge is 2.08. The van der Waals surface area contributed by atoms with Crippen molar-refractivity contribution in [2.75, 3.05) is 11.2 Å². The molecule has 2 rings (SSSR count). The fourth-order valence-corrected chi connectivity index (χ4v) is 1.34. The number of nitrogens with two attached hydrogens (primary N) is 2. The first-order valence-electron chi connectivity index (χ1n) is 3.79. The molecule has 2 aromatic rings. The molecule has 0 spiro atoms. The summed E-state index contributed by atoms with van der Waals surface area (Å²) >= 11 is 0. The fraction of sp³-hybridized carbons (Fsp3) is 0.143. The number of aromatic nitrogens is 3. The molecule has 6 nitrogen and oxygen atoms in total. The molecule has 0 aliphatic rings. The van der Waals surface area contributed by atoms with E-state index in [1.807, 2.05) is 13.0 Å². The van der Waals surface area contributed by atoms with E-state index in [1.165, 1.54) is 6.33 Å². The van der Waals surface area contributed by atoms with Gasteiger partial charge in [0.25, 0.3) is 0 Å². The molecule has 0 saturated carbocycles. The summed E-state index contributed by atoms with van der Waals surface area (Å²) in [5.41, 5.74) is 10.5. The standard InChI is InChI=1S/C7H10N6/c1-4-2-5(8)6-7(12-9)10-3-11-13(4)6/h2-3H,8-9H2,1H3,(H,10,11,12). The molecule has 0 bridgehead atoms. The van der Waals surface area contributed by atoms with Crippen LogP contribution in [0.25, 0.3) is 5.52 Å². The molecule has 0 fully saturated rings. The first-order chi connectivity index (χ1) is 6.24. The zero-order valence-corrected chi connectivity index (χ0v) is 7.15. The van der Waals surface area contributed by atoms with Crippen molar-refractivity contribution in [3.8, 4) is 0 Å². The molecule has 68 valence electrons. The van der Waals surface area contributed by atoms with Crippen molar-refractivity contribution < 1.29 is 0 Å². The van der Waals surface area contributed by atoms with E-state index >= 15 is 0 Å². The third-order valence-corrected chi connectivity index (χ3v) is 1.90. The number of hydrogen-bond donors (Lipinski definition) is 3. The Balaban J connectivity index is 2.88. The van der Waals surface area contributed by atoms with E-state index < -0.39 is 0 Å². The molecule has 0 atom stereocenters. The van der Waals surface area contributed by atoms with E-state index in [0.717, 1.165) is 5.69 Å². The van der Waals surface area contributed by atoms with Gasteiger partial charge in [-0.15, -0.1) is 0 Å². The molecule has 0 aliphatic carbocycles. The SMILES string of the molecule is Cc1cc(N)c2c(NN)ncnn12. The predicted molar refractivity (Wildman–Crippen MR) is 49.9 cm³/mol. The Hall–Kier alpha value is -1.82. The van der Waals surface area contributed by atoms with E-state index in [4.69, 9.17) is 11.6 Å². The Morgan fingerprint density at radius 2 is 2.31 bits per heavy atom. The number of hydrazine groups is 1. The maximum Gasteiger partial charge on any atom is 0.170 e. The van der Waals surface area contributed by atoms with Gasteiger partial charge in [-0.3, -0.25) is 0 Å². The summed E-state index contributed by atoms with van der Waals surface area (Å²) in [5, 5.41) is 4.04. The van der Waals surface area contributed by atoms with Crippen molar-refractivity contribution in [1.29, 1.82) is 0 Å². The highest BCUT2D eigenvalue weighted by Crippen LogP contribution is 2.22. The van der Waals surface area contributed by atoms with Gasteiger partial charge in [0.1, 0.15) is 11.8 Å². The zero-order chi connectivity index (χ0) is 9.42. The smallest absolute Gasteiger partial charge is 0.170 e. The van der Waals surface area contributed by atoms with Crippen LogP contribution < -0.4 is 17.0 Å². The molecule has 0 unspecified atom stereocenters. The second-order valence-corrected chi connectivity index (χ2v) is 2.75. The topological polar surface area (TPSA) is 94.3 Å². The molecule has 6 heteroatoms. The molecule has 13 heavy (non-hydrogen) atoms. The highest BCUT2D eigenvalue weighted by molar-refractivity contribution is 5.82. The summed E-state index contributed by atoms with van der Waals surface area (Å²) in [6, 6.07) is 1.82. The number of nitrogens with zero attached hydrogens (tertiary/aromatic N) is 3. The largest absolute Gasteiger partial charge is 0.397 e. The molecule has 2 heterocycles. The van der Waals surface area contributed by atoms with Crippen LogP contribution in [0.3, 0.4) is 0 Å². The van der Waals surface area contributed by atoms with Crippen LogP contribution in [0.15, 0.2) is 12.4 Å². The van der Waals surface area contributed by atoms with Gasteiger partial charge in [-0.05, 0) is 13.0 Å². The lowest BCUT2D eigenvalue weighted by molar-refractivity contribution is 0.872. The number of rotatable bonds is 1. The van der Waals surface area contributed by atoms with E-state index in [2.05, 4.69) is 15.5 Å². The first kappa shape index (κ1) is 7.81. The number of anilines is 2. The number of fused-ring (bicyclic) bond motifs is 1. The molecule has 0 radical (unpaired) electrons. The van der Waals surface area contributed by atoms with E-state index in [9.17, 15) is 0 Å². The third kappa shape index (κ3) is 0.994. The summed E-state index contributed by atoms with van der Waals surface area (Å²) in [5.74, 6) is 5.81. The van der Waals surface area contributed by atoms with Gasteiger partial charge >= 0.3 is 0 Å². The second kappa shape index (κ2) is 2.60. The number of aryl methyl sites for hydroxylation is 1. The normalized spacial score (nSPS) is 10.6. The molecular weight excluding hydrogens is 168 g/mol. The van der Waals surface area contributed by atoms with Crippen molar-refractivity contribution in [1.82, 2.24) is 14.6 Å². The van der Waals surface area contributed by atoms with Crippen LogP contribution in [0.2, 0.25) is 0 Å². The van der Waals surface area contributed by atoms with Crippen LogP contribution in [-0.4, -0.2) is 14.6 Å². The monoisotopic (exact) mass is 178 g/mol. The summed E-state index contributed by atoms with van der Waals surface area (Å²) in [6.45, 7) is 1.91. The minimum atomic E-state index is 0.528. The molecule has 0 aliphatic heterocycles. The Morgan fingerprint density at radius 1 is 1.54 bits per heavy atom. The minimum Gasteiger partial charge on any atom is -0.397 e. The van der Waals surface area contributed by atoms with Crippen LogP contribution in [0.4, 0.5) is 11.5 Å². The lowest BCUT2D eigenvalue weighted by Crippen LogP contribution is -2.11. The Kier molecular flexibility index (Phi) is 1.56. The average Bonchev–Trinajstić information content (AvgIpc) is 2.43. The average molecular weight is 178 g/mol. The van der Waals surface area contributed by atoms with E-state index in [0.29, 0.717) is 17.0 Å². The maximum absolute atomic E-state index is 5.76. The van der Waals surface area contributed by atoms with Gasteiger partial charge in [0.15, 0.2) is 5.82 Å². The van der Waals surface area contributed by atoms with Crippen LogP contribution >= 0.6 is 0 Å². The third-order valence-electron chi connectivity index (χ3n) is 1.90. The fourth-order valence-electron chi connectivity index (χ4n) is 1.34. The number of nitrogens with one attached hydrogen (secondary N) is 1. The summed E-state index contributed by atoms with van der Waals surface area (Å²) < 4.78 is 1.69. The van der Waals surface area contributed by atoms with Crippen molar-refractivity contribution >= 4 is 17.0 Å². The predicted octanol–water partition coefficient (Wildman–Crippen LogP) is -0.0945. The van der Waals surface area contributed by atoms with Gasteiger partial charge < -0.3 is 11.2 Å². The van der Waals surface area contributed by atoms with Crippen molar-refractivity contribution in [3.05, 3.63) is 18.1 Å². The maximum atomic E-state index is 5.76. The van der Waals surface area contributed by atoms with Gasteiger partial charge in [-0.1, -0.05) is 0 Å². The van der Waals surface area contributed by atoms with E-state index in [-0.39, 0.29) is 0 Å². The van der Waals surface area contributed by atoms with Gasteiger partial charge in [-0.25, -0.2) is 15.3 Å². The van der Waals surface area contributed by atoms with Crippen LogP contribution in [0, 0.1) is 6.92 Å². The van der Waals surface area contributed by atoms with Gasteiger partial charge in [0, 0.05) is 5.69 Å². The van der Waals surface area contributed by atoms with Gasteiger partial charge in [0.05, 0.1) is 5.69 Å². The van der Waals surface area contributed by atoms with Crippen LogP contribution in [0.5, 0.6) is 0 Å². The van der Waals surface area contributed by atoms with Crippen LogP contribution in [0.1, 0.15) is 5.69 Å². The summed E-state index contributed by atoms with van der Waals surface area (Å²) in [6.07, 6.45) is 1.43. The minimum absolute atomic E-state index is 0.528. The van der Waals surface area contributed by atoms with Crippen molar-refractivity contribution in [3.63, 3.8) is 0 Å². The van der Waals surface area contributed by atoms with Gasteiger partial charge in [-0.2, -0.15) is 5.10 Å². The number of hydrogen-bond acceptors (Lipinski definition) is 5. The lowest BCUT2D eigenvalue weighted by atomic mass is 10.4. The number of nitrogen functional groups attached to an aromatic ring is 2. The highest BCUT2D eigenvalue weighted by atomic mass is 15.3. The van der Waals surface area contributed by atoms with Crippen molar-refractivity contribution in [2.24, 2.45) is 5.84 Å². The first-order valence-corrected chi connectivity index (χ1v) is 3.79. The molecule has 2 aromatic heterocycles. The Morgan fingerprint density at radius 3 is 3.00 bits per heavy atom. The molecule has 0 saturated heterocycles. The molecule has 0 amide bonds. The Labute approximate surface area is 74.5 Å². The van der Waals surface area contributed by atoms with E-state index in [1.54, 1.807) is 4.52 Å². The summed E-state index contributed by atoms with van der Waals surface area (Å²) in [4.78, 5) is 3.95. The van der Waals surface area contributed by atoms with Gasteiger partial charge in [0.2, 0.25) is 0 Å². The Bertz CT molecular complexity index is 445. The molecular formula is C7H10N6. The van der Waals surface area contributed by atoms with Crippen LogP contribution in [-0.2, 0) is 0 Å².